The average Bonchev–Trinajstić information content (AvgIpc) is 3.04. The van der Waals surface area contributed by atoms with Crippen LogP contribution >= 0.6 is 11.6 Å². The van der Waals surface area contributed by atoms with Crippen LogP contribution in [0.5, 0.6) is 0 Å². The summed E-state index contributed by atoms with van der Waals surface area (Å²) >= 11 is 6.31. The Hall–Kier alpha value is -4.21. The molecule has 10 heteroatoms. The number of likely N-dealkylation sites (N-methyl/N-ethyl adjacent to an activating group) is 1. The van der Waals surface area contributed by atoms with E-state index in [1.165, 1.54) is 18.2 Å². The van der Waals surface area contributed by atoms with Gasteiger partial charge in [-0.2, -0.15) is 0 Å². The molecule has 0 spiro atoms. The molecule has 3 aromatic carbocycles. The fourth-order valence-corrected chi connectivity index (χ4v) is 5.08. The lowest BCUT2D eigenvalue weighted by Crippen LogP contribution is -2.59. The molecular weight excluding hydrogens is 546 g/mol. The lowest BCUT2D eigenvalue weighted by Gasteiger charge is -2.42. The highest BCUT2D eigenvalue weighted by Crippen LogP contribution is 2.35. The number of hydrogen-bond acceptors (Lipinski definition) is 6. The molecule has 0 unspecified atom stereocenters. The van der Waals surface area contributed by atoms with E-state index in [4.69, 9.17) is 16.6 Å². The van der Waals surface area contributed by atoms with Crippen LogP contribution < -0.4 is 5.32 Å². The second-order valence-electron chi connectivity index (χ2n) is 10.1. The summed E-state index contributed by atoms with van der Waals surface area (Å²) in [6.07, 6.45) is 1.64. The second-order valence-corrected chi connectivity index (χ2v) is 10.5. The summed E-state index contributed by atoms with van der Waals surface area (Å²) in [5.41, 5.74) is 3.53. The van der Waals surface area contributed by atoms with Gasteiger partial charge in [-0.25, -0.2) is 18.7 Å². The normalized spacial score (nSPS) is 14.3. The van der Waals surface area contributed by atoms with E-state index >= 15 is 0 Å². The van der Waals surface area contributed by atoms with E-state index in [1.807, 2.05) is 31.1 Å². The number of nitrogens with one attached hydrogen (secondary N) is 1. The number of carbonyl (C=O) groups excluding carboxylic acids is 1. The predicted molar refractivity (Wildman–Crippen MR) is 158 cm³/mol. The molecule has 1 N–H and O–H groups in total. The van der Waals surface area contributed by atoms with Crippen molar-refractivity contribution in [2.45, 2.75) is 20.0 Å². The van der Waals surface area contributed by atoms with Crippen LogP contribution in [0.4, 0.5) is 20.4 Å². The molecule has 0 aliphatic carbocycles. The van der Waals surface area contributed by atoms with Crippen molar-refractivity contribution in [3.8, 4) is 11.3 Å². The second kappa shape index (κ2) is 11.3. The molecule has 0 atom stereocenters. The summed E-state index contributed by atoms with van der Waals surface area (Å²) in [5, 5.41) is 3.59. The molecule has 1 fully saturated rings. The number of carbonyl (C=O) groups is 1. The molecule has 2 aliphatic heterocycles. The average molecular weight is 575 g/mol. The van der Waals surface area contributed by atoms with Gasteiger partial charge >= 0.3 is 0 Å². The number of benzene rings is 3. The number of aromatic nitrogens is 2. The van der Waals surface area contributed by atoms with Crippen LogP contribution in [-0.2, 0) is 6.54 Å². The van der Waals surface area contributed by atoms with Gasteiger partial charge in [0.15, 0.2) is 0 Å². The lowest BCUT2D eigenvalue weighted by atomic mass is 9.95. The smallest absolute Gasteiger partial charge is 0.254 e. The zero-order valence-electron chi connectivity index (χ0n) is 21.8. The molecule has 4 aromatic rings. The Bertz CT molecular complexity index is 1650. The maximum atomic E-state index is 14.8. The third-order valence-corrected chi connectivity index (χ3v) is 7.44. The van der Waals surface area contributed by atoms with E-state index in [9.17, 15) is 13.6 Å². The minimum absolute atomic E-state index is 0. The SMILES string of the molecule is C.CN(C)C1CN(C(=O)c2cccc(Nc3ncc4c(n3)-c3ccc(Cl)cc3C(c3c(F)cccc3F)=NC4)c2)C1. The molecule has 0 saturated carbocycles. The number of rotatable bonds is 5. The first kappa shape index (κ1) is 28.3. The highest BCUT2D eigenvalue weighted by atomic mass is 35.5. The number of halogens is 3. The summed E-state index contributed by atoms with van der Waals surface area (Å²) < 4.78 is 29.6. The van der Waals surface area contributed by atoms with E-state index in [-0.39, 0.29) is 31.2 Å². The highest BCUT2D eigenvalue weighted by Gasteiger charge is 2.32. The molecule has 41 heavy (non-hydrogen) atoms. The van der Waals surface area contributed by atoms with Gasteiger partial charge in [0.25, 0.3) is 5.91 Å². The number of likely N-dealkylation sites (tertiary alicyclic amines) is 1. The van der Waals surface area contributed by atoms with Crippen molar-refractivity contribution in [1.29, 1.82) is 0 Å². The molecule has 210 valence electrons. The summed E-state index contributed by atoms with van der Waals surface area (Å²) in [6.45, 7) is 1.52. The Morgan fingerprint density at radius 2 is 1.76 bits per heavy atom. The Balaban J connectivity index is 0.00000337. The van der Waals surface area contributed by atoms with E-state index < -0.39 is 11.6 Å². The van der Waals surface area contributed by atoms with Crippen LogP contribution in [0.25, 0.3) is 11.3 Å². The highest BCUT2D eigenvalue weighted by molar-refractivity contribution is 6.31. The van der Waals surface area contributed by atoms with Crippen LogP contribution in [-0.4, -0.2) is 64.6 Å². The number of hydrogen-bond donors (Lipinski definition) is 1. The summed E-state index contributed by atoms with van der Waals surface area (Å²) in [4.78, 5) is 30.7. The molecule has 3 heterocycles. The maximum Gasteiger partial charge on any atom is 0.254 e. The van der Waals surface area contributed by atoms with Crippen molar-refractivity contribution in [1.82, 2.24) is 19.8 Å². The first-order chi connectivity index (χ1) is 19.3. The van der Waals surface area contributed by atoms with Crippen molar-refractivity contribution in [2.24, 2.45) is 4.99 Å². The van der Waals surface area contributed by atoms with Crippen molar-refractivity contribution in [3.63, 3.8) is 0 Å². The van der Waals surface area contributed by atoms with Crippen LogP contribution in [0.1, 0.15) is 34.5 Å². The molecule has 0 radical (unpaired) electrons. The van der Waals surface area contributed by atoms with E-state index in [0.29, 0.717) is 63.7 Å². The van der Waals surface area contributed by atoms with Crippen LogP contribution in [0.3, 0.4) is 0 Å². The predicted octanol–water partition coefficient (Wildman–Crippen LogP) is 6.19. The fraction of sp³-hybridized carbons (Fsp3) is 0.226. The molecule has 1 saturated heterocycles. The first-order valence-corrected chi connectivity index (χ1v) is 13.1. The maximum absolute atomic E-state index is 14.8. The molecular formula is C31H29ClF2N6O. The molecule has 7 nitrogen and oxygen atoms in total. The number of anilines is 2. The Kier molecular flexibility index (Phi) is 7.84. The van der Waals surface area contributed by atoms with Gasteiger partial charge in [0.05, 0.1) is 23.5 Å². The van der Waals surface area contributed by atoms with Crippen molar-refractivity contribution >= 4 is 34.9 Å². The standard InChI is InChI=1S/C30H25ClF2N6O.CH4/c1-38(2)21-15-39(16-21)29(40)17-5-3-6-20(11-17)36-30-35-14-18-13-34-28(26-24(32)7-4-8-25(26)33)23-12-19(31)9-10-22(23)27(18)37-30;/h3-12,14,21H,13,15-16H2,1-2H3,(H,35,36,37);1H4. The van der Waals surface area contributed by atoms with Crippen LogP contribution in [0.15, 0.2) is 71.9 Å². The Morgan fingerprint density at radius 1 is 1.02 bits per heavy atom. The number of aliphatic imine (C=N–C) groups is 1. The molecule has 0 bridgehead atoms. The first-order valence-electron chi connectivity index (χ1n) is 12.8. The third-order valence-electron chi connectivity index (χ3n) is 7.21. The quantitative estimate of drug-likeness (QED) is 0.308. The lowest BCUT2D eigenvalue weighted by molar-refractivity contribution is 0.0399. The minimum Gasteiger partial charge on any atom is -0.335 e. The minimum atomic E-state index is -0.714. The zero-order chi connectivity index (χ0) is 28.0. The van der Waals surface area contributed by atoms with Crippen molar-refractivity contribution in [2.75, 3.05) is 32.5 Å². The number of fused-ring (bicyclic) bond motifs is 3. The molecule has 1 amide bonds. The number of nitrogens with zero attached hydrogens (tertiary/aromatic N) is 5. The van der Waals surface area contributed by atoms with Gasteiger partial charge in [-0.3, -0.25) is 9.79 Å². The Morgan fingerprint density at radius 3 is 2.49 bits per heavy atom. The monoisotopic (exact) mass is 574 g/mol. The van der Waals surface area contributed by atoms with Gasteiger partial charge in [0, 0.05) is 58.3 Å². The summed E-state index contributed by atoms with van der Waals surface area (Å²) in [6, 6.07) is 16.4. The molecule has 2 aliphatic rings. The molecule has 6 rings (SSSR count). The Labute approximate surface area is 242 Å². The van der Waals surface area contributed by atoms with Gasteiger partial charge in [0.1, 0.15) is 11.6 Å². The van der Waals surface area contributed by atoms with Gasteiger partial charge in [0.2, 0.25) is 5.95 Å². The van der Waals surface area contributed by atoms with Crippen molar-refractivity contribution in [3.05, 3.63) is 106 Å². The van der Waals surface area contributed by atoms with Gasteiger partial charge in [-0.05, 0) is 56.6 Å². The largest absolute Gasteiger partial charge is 0.335 e. The molecule has 1 aromatic heterocycles. The van der Waals surface area contributed by atoms with Crippen LogP contribution in [0, 0.1) is 11.6 Å². The van der Waals surface area contributed by atoms with Gasteiger partial charge in [-0.15, -0.1) is 0 Å². The van der Waals surface area contributed by atoms with Crippen molar-refractivity contribution < 1.29 is 13.6 Å². The third kappa shape index (κ3) is 5.42. The van der Waals surface area contributed by atoms with Gasteiger partial charge in [-0.1, -0.05) is 37.2 Å². The number of amides is 1. The van der Waals surface area contributed by atoms with Crippen LogP contribution in [0.2, 0.25) is 5.02 Å². The van der Waals surface area contributed by atoms with E-state index in [0.717, 1.165) is 0 Å². The topological polar surface area (TPSA) is 73.7 Å². The summed E-state index contributed by atoms with van der Waals surface area (Å²) in [5.74, 6) is -1.15. The van der Waals surface area contributed by atoms with E-state index in [1.54, 1.807) is 36.5 Å². The van der Waals surface area contributed by atoms with E-state index in [2.05, 4.69) is 20.2 Å². The fourth-order valence-electron chi connectivity index (χ4n) is 4.91. The zero-order valence-corrected chi connectivity index (χ0v) is 22.6. The van der Waals surface area contributed by atoms with Gasteiger partial charge < -0.3 is 15.1 Å². The summed E-state index contributed by atoms with van der Waals surface area (Å²) in [7, 11) is 4.02.